The molecule has 0 saturated heterocycles. The van der Waals surface area contributed by atoms with Crippen LogP contribution in [0.3, 0.4) is 0 Å². The molecule has 110 valence electrons. The van der Waals surface area contributed by atoms with Crippen molar-refractivity contribution < 1.29 is 4.74 Å². The average Bonchev–Trinajstić information content (AvgIpc) is 2.54. The zero-order valence-electron chi connectivity index (χ0n) is 13.4. The van der Waals surface area contributed by atoms with Gasteiger partial charge in [-0.25, -0.2) is 0 Å². The number of ether oxygens (including phenoxy) is 1. The van der Waals surface area contributed by atoms with Crippen LogP contribution in [0.4, 0.5) is 0 Å². The Kier molecular flexibility index (Phi) is 5.21. The average molecular weight is 280 g/mol. The number of aryl methyl sites for hydroxylation is 1. The van der Waals surface area contributed by atoms with Crippen molar-refractivity contribution in [3.63, 3.8) is 0 Å². The molecule has 0 bridgehead atoms. The van der Waals surface area contributed by atoms with Gasteiger partial charge in [0.2, 0.25) is 0 Å². The Labute approximate surface area is 128 Å². The summed E-state index contributed by atoms with van der Waals surface area (Å²) < 4.78 is 5.26. The fourth-order valence-electron chi connectivity index (χ4n) is 2.91. The number of allylic oxidation sites excluding steroid dienone is 2. The highest BCUT2D eigenvalue weighted by atomic mass is 16.5. The largest absolute Gasteiger partial charge is 0.497 e. The van der Waals surface area contributed by atoms with Crippen molar-refractivity contribution in [2.75, 3.05) is 7.11 Å². The minimum atomic E-state index is 0.419. The SMILES string of the molecule is C/C=C(\c1ccccc1C)C(CC)c1ccc(OC)cc1. The third-order valence-corrected chi connectivity index (χ3v) is 4.07. The lowest BCUT2D eigenvalue weighted by atomic mass is 9.83. The van der Waals surface area contributed by atoms with Crippen molar-refractivity contribution >= 4 is 5.57 Å². The van der Waals surface area contributed by atoms with Gasteiger partial charge in [0.15, 0.2) is 0 Å². The summed E-state index contributed by atoms with van der Waals surface area (Å²) in [5, 5.41) is 0. The Hall–Kier alpha value is -2.02. The minimum absolute atomic E-state index is 0.419. The Bertz CT molecular complexity index is 608. The summed E-state index contributed by atoms with van der Waals surface area (Å²) in [7, 11) is 1.71. The molecule has 0 N–H and O–H groups in total. The predicted octanol–water partition coefficient (Wildman–Crippen LogP) is 5.60. The van der Waals surface area contributed by atoms with Gasteiger partial charge in [-0.2, -0.15) is 0 Å². The van der Waals surface area contributed by atoms with E-state index in [-0.39, 0.29) is 0 Å². The molecule has 1 nitrogen and oxygen atoms in total. The number of hydrogen-bond acceptors (Lipinski definition) is 1. The van der Waals surface area contributed by atoms with Crippen LogP contribution in [-0.4, -0.2) is 7.11 Å². The molecule has 0 radical (unpaired) electrons. The second-order valence-corrected chi connectivity index (χ2v) is 5.29. The maximum atomic E-state index is 5.26. The van der Waals surface area contributed by atoms with Crippen LogP contribution in [0.25, 0.3) is 5.57 Å². The van der Waals surface area contributed by atoms with Crippen LogP contribution in [0.1, 0.15) is 42.9 Å². The van der Waals surface area contributed by atoms with Crippen LogP contribution in [0.2, 0.25) is 0 Å². The lowest BCUT2D eigenvalue weighted by molar-refractivity contribution is 0.414. The van der Waals surface area contributed by atoms with Gasteiger partial charge in [-0.15, -0.1) is 0 Å². The molecule has 0 amide bonds. The fraction of sp³-hybridized carbons (Fsp3) is 0.300. The van der Waals surface area contributed by atoms with Crippen molar-refractivity contribution in [3.05, 3.63) is 71.3 Å². The van der Waals surface area contributed by atoms with Gasteiger partial charge in [-0.3, -0.25) is 0 Å². The molecule has 2 aromatic rings. The van der Waals surface area contributed by atoms with Gasteiger partial charge >= 0.3 is 0 Å². The topological polar surface area (TPSA) is 9.23 Å². The molecule has 1 heteroatoms. The van der Waals surface area contributed by atoms with Gasteiger partial charge in [-0.1, -0.05) is 49.4 Å². The Morgan fingerprint density at radius 1 is 1.10 bits per heavy atom. The highest BCUT2D eigenvalue weighted by Crippen LogP contribution is 2.36. The summed E-state index contributed by atoms with van der Waals surface area (Å²) in [6.07, 6.45) is 3.33. The summed E-state index contributed by atoms with van der Waals surface area (Å²) in [5.74, 6) is 1.33. The van der Waals surface area contributed by atoms with Gasteiger partial charge in [0.1, 0.15) is 5.75 Å². The zero-order valence-corrected chi connectivity index (χ0v) is 13.4. The van der Waals surface area contributed by atoms with Crippen LogP contribution in [0.15, 0.2) is 54.6 Å². The number of rotatable bonds is 5. The third-order valence-electron chi connectivity index (χ3n) is 4.07. The molecule has 0 aromatic heterocycles. The summed E-state index contributed by atoms with van der Waals surface area (Å²) in [4.78, 5) is 0. The summed E-state index contributed by atoms with van der Waals surface area (Å²) >= 11 is 0. The van der Waals surface area contributed by atoms with Crippen molar-refractivity contribution in [2.45, 2.75) is 33.1 Å². The van der Waals surface area contributed by atoms with Crippen molar-refractivity contribution in [1.82, 2.24) is 0 Å². The molecule has 2 aromatic carbocycles. The molecule has 1 atom stereocenters. The van der Waals surface area contributed by atoms with Gasteiger partial charge < -0.3 is 4.74 Å². The Morgan fingerprint density at radius 2 is 1.76 bits per heavy atom. The first-order chi connectivity index (χ1) is 10.2. The monoisotopic (exact) mass is 280 g/mol. The standard InChI is InChI=1S/C20H24O/c1-5-18(16-11-13-17(21-4)14-12-16)19(6-2)20-10-8-7-9-15(20)3/h6-14,18H,5H2,1-4H3/b19-6-. The lowest BCUT2D eigenvalue weighted by Gasteiger charge is -2.21. The van der Waals surface area contributed by atoms with Crippen LogP contribution in [0, 0.1) is 6.92 Å². The van der Waals surface area contributed by atoms with E-state index >= 15 is 0 Å². The molecule has 2 rings (SSSR count). The first kappa shape index (κ1) is 15.4. The quantitative estimate of drug-likeness (QED) is 0.692. The maximum absolute atomic E-state index is 5.26. The third kappa shape index (κ3) is 3.36. The Balaban J connectivity index is 2.40. The number of methoxy groups -OCH3 is 1. The number of benzene rings is 2. The number of hydrogen-bond donors (Lipinski definition) is 0. The molecule has 0 aliphatic heterocycles. The summed E-state index contributed by atoms with van der Waals surface area (Å²) in [5.41, 5.74) is 5.43. The van der Waals surface area contributed by atoms with E-state index in [1.165, 1.54) is 22.3 Å². The predicted molar refractivity (Wildman–Crippen MR) is 90.9 cm³/mol. The molecule has 0 aliphatic rings. The van der Waals surface area contributed by atoms with Crippen LogP contribution in [0.5, 0.6) is 5.75 Å². The second-order valence-electron chi connectivity index (χ2n) is 5.29. The second kappa shape index (κ2) is 7.12. The van der Waals surface area contributed by atoms with Crippen molar-refractivity contribution in [2.24, 2.45) is 0 Å². The van der Waals surface area contributed by atoms with E-state index in [4.69, 9.17) is 4.74 Å². The van der Waals surface area contributed by atoms with Crippen LogP contribution >= 0.6 is 0 Å². The highest BCUT2D eigenvalue weighted by molar-refractivity contribution is 5.73. The lowest BCUT2D eigenvalue weighted by Crippen LogP contribution is -2.02. The fourth-order valence-corrected chi connectivity index (χ4v) is 2.91. The molecule has 0 aliphatic carbocycles. The molecule has 0 fully saturated rings. The van der Waals surface area contributed by atoms with E-state index in [1.54, 1.807) is 7.11 Å². The van der Waals surface area contributed by atoms with Crippen molar-refractivity contribution in [1.29, 1.82) is 0 Å². The van der Waals surface area contributed by atoms with E-state index in [2.05, 4.69) is 63.2 Å². The first-order valence-corrected chi connectivity index (χ1v) is 7.57. The Morgan fingerprint density at radius 3 is 2.29 bits per heavy atom. The van der Waals surface area contributed by atoms with E-state index in [0.29, 0.717) is 5.92 Å². The molecule has 21 heavy (non-hydrogen) atoms. The molecule has 1 unspecified atom stereocenters. The van der Waals surface area contributed by atoms with Crippen molar-refractivity contribution in [3.8, 4) is 5.75 Å². The molecular weight excluding hydrogens is 256 g/mol. The van der Waals surface area contributed by atoms with E-state index in [0.717, 1.165) is 12.2 Å². The molecule has 0 saturated carbocycles. The first-order valence-electron chi connectivity index (χ1n) is 7.57. The summed E-state index contributed by atoms with van der Waals surface area (Å²) in [6, 6.07) is 17.1. The van der Waals surface area contributed by atoms with E-state index < -0.39 is 0 Å². The normalized spacial score (nSPS) is 13.0. The molecular formula is C20H24O. The minimum Gasteiger partial charge on any atom is -0.497 e. The molecule has 0 heterocycles. The maximum Gasteiger partial charge on any atom is 0.118 e. The van der Waals surface area contributed by atoms with Gasteiger partial charge in [-0.05, 0) is 54.7 Å². The van der Waals surface area contributed by atoms with Crippen LogP contribution in [-0.2, 0) is 0 Å². The van der Waals surface area contributed by atoms with E-state index in [1.807, 2.05) is 12.1 Å². The van der Waals surface area contributed by atoms with Gasteiger partial charge in [0.05, 0.1) is 7.11 Å². The van der Waals surface area contributed by atoms with E-state index in [9.17, 15) is 0 Å². The zero-order chi connectivity index (χ0) is 15.2. The summed E-state index contributed by atoms with van der Waals surface area (Å²) in [6.45, 7) is 6.56. The smallest absolute Gasteiger partial charge is 0.118 e. The van der Waals surface area contributed by atoms with Gasteiger partial charge in [0.25, 0.3) is 0 Å². The highest BCUT2D eigenvalue weighted by Gasteiger charge is 2.17. The molecule has 0 spiro atoms. The van der Waals surface area contributed by atoms with Crippen LogP contribution < -0.4 is 4.74 Å². The van der Waals surface area contributed by atoms with Gasteiger partial charge in [0, 0.05) is 5.92 Å².